The Labute approximate surface area is 96.4 Å². The fraction of sp³-hybridized carbons (Fsp3) is 0.909. The fourth-order valence-corrected chi connectivity index (χ4v) is 2.74. The first-order chi connectivity index (χ1) is 7.18. The van der Waals surface area contributed by atoms with Gasteiger partial charge >= 0.3 is 0 Å². The number of halogens is 1. The maximum Gasteiger partial charge on any atom is 0.240 e. The molecule has 2 rings (SSSR count). The smallest absolute Gasteiger partial charge is 0.240 e. The summed E-state index contributed by atoms with van der Waals surface area (Å²) >= 11 is 5.81. The minimum atomic E-state index is -0.373. The van der Waals surface area contributed by atoms with E-state index in [-0.39, 0.29) is 11.3 Å². The van der Waals surface area contributed by atoms with Crippen molar-refractivity contribution in [3.63, 3.8) is 0 Å². The maximum atomic E-state index is 11.7. The van der Waals surface area contributed by atoms with Gasteiger partial charge in [-0.1, -0.05) is 0 Å². The molecule has 15 heavy (non-hydrogen) atoms. The number of nitrogens with zero attached hydrogens (tertiary/aromatic N) is 2. The molecule has 0 N–H and O–H groups in total. The second kappa shape index (κ2) is 4.71. The lowest BCUT2D eigenvalue weighted by Crippen LogP contribution is -2.39. The number of hydrogen-bond donors (Lipinski definition) is 0. The van der Waals surface area contributed by atoms with Gasteiger partial charge in [0.2, 0.25) is 5.91 Å². The number of amides is 1. The van der Waals surface area contributed by atoms with Crippen LogP contribution in [-0.4, -0.2) is 53.3 Å². The molecule has 3 nitrogen and oxygen atoms in total. The molecule has 86 valence electrons. The monoisotopic (exact) mass is 230 g/mol. The van der Waals surface area contributed by atoms with E-state index in [2.05, 4.69) is 4.90 Å². The zero-order valence-corrected chi connectivity index (χ0v) is 10.0. The average Bonchev–Trinajstić information content (AvgIpc) is 2.86. The normalized spacial score (nSPS) is 29.7. The van der Waals surface area contributed by atoms with Crippen LogP contribution in [0.15, 0.2) is 0 Å². The van der Waals surface area contributed by atoms with Gasteiger partial charge in [0.25, 0.3) is 0 Å². The zero-order chi connectivity index (χ0) is 10.8. The molecule has 0 aromatic heterocycles. The lowest BCUT2D eigenvalue weighted by Gasteiger charge is -2.24. The van der Waals surface area contributed by atoms with Crippen LogP contribution in [0.25, 0.3) is 0 Å². The third kappa shape index (κ3) is 2.45. The fourth-order valence-electron chi connectivity index (χ4n) is 2.60. The van der Waals surface area contributed by atoms with Crippen molar-refractivity contribution < 1.29 is 4.79 Å². The van der Waals surface area contributed by atoms with Crippen molar-refractivity contribution in [1.29, 1.82) is 0 Å². The highest BCUT2D eigenvalue weighted by molar-refractivity contribution is 6.30. The van der Waals surface area contributed by atoms with Crippen molar-refractivity contribution in [3.05, 3.63) is 0 Å². The highest BCUT2D eigenvalue weighted by Gasteiger charge is 2.32. The van der Waals surface area contributed by atoms with Gasteiger partial charge < -0.3 is 4.90 Å². The van der Waals surface area contributed by atoms with Gasteiger partial charge in [0, 0.05) is 19.1 Å². The van der Waals surface area contributed by atoms with Crippen molar-refractivity contribution in [1.82, 2.24) is 9.80 Å². The molecule has 4 heteroatoms. The predicted molar refractivity (Wildman–Crippen MR) is 61.1 cm³/mol. The zero-order valence-electron chi connectivity index (χ0n) is 9.29. The van der Waals surface area contributed by atoms with E-state index in [1.807, 2.05) is 4.90 Å². The molecule has 2 heterocycles. The summed E-state index contributed by atoms with van der Waals surface area (Å²) in [5.74, 6) is 0.0957. The Morgan fingerprint density at radius 2 is 2.00 bits per heavy atom. The van der Waals surface area contributed by atoms with Gasteiger partial charge in [-0.15, -0.1) is 11.6 Å². The number of carbonyl (C=O) groups excluding carboxylic acids is 1. The Balaban J connectivity index is 1.86. The summed E-state index contributed by atoms with van der Waals surface area (Å²) in [6.45, 7) is 5.95. The summed E-state index contributed by atoms with van der Waals surface area (Å²) in [6.07, 6.45) is 3.75. The molecule has 0 radical (unpaired) electrons. The highest BCUT2D eigenvalue weighted by atomic mass is 35.5. The first-order valence-corrected chi connectivity index (χ1v) is 6.29. The van der Waals surface area contributed by atoms with E-state index in [1.54, 1.807) is 6.92 Å². The average molecular weight is 231 g/mol. The van der Waals surface area contributed by atoms with E-state index >= 15 is 0 Å². The molecule has 0 aromatic carbocycles. The standard InChI is InChI=1S/C11H19ClN2O/c1-9(12)11(15)14-7-4-10(8-14)13-5-2-3-6-13/h9-10H,2-8H2,1H3. The molecule has 0 bridgehead atoms. The Hall–Kier alpha value is -0.280. The SMILES string of the molecule is CC(Cl)C(=O)N1CCC(N2CCCC2)C1. The van der Waals surface area contributed by atoms with Crippen molar-refractivity contribution in [2.24, 2.45) is 0 Å². The maximum absolute atomic E-state index is 11.7. The quantitative estimate of drug-likeness (QED) is 0.668. The summed E-state index contributed by atoms with van der Waals surface area (Å²) in [6, 6.07) is 0.590. The molecule has 0 saturated carbocycles. The number of rotatable bonds is 2. The second-order valence-corrected chi connectivity index (χ2v) is 5.24. The minimum absolute atomic E-state index is 0.0957. The lowest BCUT2D eigenvalue weighted by molar-refractivity contribution is -0.129. The first kappa shape index (κ1) is 11.2. The Bertz CT molecular complexity index is 239. The van der Waals surface area contributed by atoms with Crippen molar-refractivity contribution in [3.8, 4) is 0 Å². The molecule has 0 aliphatic carbocycles. The van der Waals surface area contributed by atoms with Crippen molar-refractivity contribution >= 4 is 17.5 Å². The highest BCUT2D eigenvalue weighted by Crippen LogP contribution is 2.21. The molecule has 0 spiro atoms. The second-order valence-electron chi connectivity index (χ2n) is 4.59. The molecule has 2 atom stereocenters. The van der Waals surface area contributed by atoms with Crippen LogP contribution in [0.3, 0.4) is 0 Å². The molecular formula is C11H19ClN2O. The molecular weight excluding hydrogens is 212 g/mol. The van der Waals surface area contributed by atoms with E-state index in [0.717, 1.165) is 19.5 Å². The van der Waals surface area contributed by atoms with E-state index < -0.39 is 0 Å². The van der Waals surface area contributed by atoms with Crippen LogP contribution >= 0.6 is 11.6 Å². The van der Waals surface area contributed by atoms with Gasteiger partial charge in [0.1, 0.15) is 5.38 Å². The summed E-state index contributed by atoms with van der Waals surface area (Å²) in [4.78, 5) is 16.1. The first-order valence-electron chi connectivity index (χ1n) is 5.85. The molecule has 2 fully saturated rings. The summed E-state index contributed by atoms with van der Waals surface area (Å²) in [5, 5.41) is -0.373. The lowest BCUT2D eigenvalue weighted by atomic mass is 10.2. The number of alkyl halides is 1. The van der Waals surface area contributed by atoms with Crippen LogP contribution in [0.5, 0.6) is 0 Å². The van der Waals surface area contributed by atoms with Crippen LogP contribution in [0, 0.1) is 0 Å². The topological polar surface area (TPSA) is 23.6 Å². The Morgan fingerprint density at radius 1 is 1.33 bits per heavy atom. The molecule has 1 amide bonds. The third-order valence-corrected chi connectivity index (χ3v) is 3.66. The molecule has 2 unspecified atom stereocenters. The predicted octanol–water partition coefficient (Wildman–Crippen LogP) is 1.31. The van der Waals surface area contributed by atoms with Gasteiger partial charge in [-0.2, -0.15) is 0 Å². The molecule has 2 aliphatic heterocycles. The van der Waals surface area contributed by atoms with Crippen molar-refractivity contribution in [2.75, 3.05) is 26.2 Å². The van der Waals surface area contributed by atoms with Crippen molar-refractivity contribution in [2.45, 2.75) is 37.6 Å². The van der Waals surface area contributed by atoms with E-state index in [9.17, 15) is 4.79 Å². The molecule has 2 aliphatic rings. The van der Waals surface area contributed by atoms with Gasteiger partial charge in [0.05, 0.1) is 0 Å². The van der Waals surface area contributed by atoms with E-state index in [1.165, 1.54) is 25.9 Å². The molecule has 0 aromatic rings. The third-order valence-electron chi connectivity index (χ3n) is 3.47. The van der Waals surface area contributed by atoms with Gasteiger partial charge in [-0.25, -0.2) is 0 Å². The van der Waals surface area contributed by atoms with Crippen LogP contribution < -0.4 is 0 Å². The summed E-state index contributed by atoms with van der Waals surface area (Å²) in [5.41, 5.74) is 0. The largest absolute Gasteiger partial charge is 0.340 e. The van der Waals surface area contributed by atoms with E-state index in [4.69, 9.17) is 11.6 Å². The van der Waals surface area contributed by atoms with Gasteiger partial charge in [-0.05, 0) is 39.3 Å². The van der Waals surface area contributed by atoms with Crippen LogP contribution in [-0.2, 0) is 4.79 Å². The summed E-state index contributed by atoms with van der Waals surface area (Å²) < 4.78 is 0. The van der Waals surface area contributed by atoms with E-state index in [0.29, 0.717) is 6.04 Å². The number of hydrogen-bond acceptors (Lipinski definition) is 2. The minimum Gasteiger partial charge on any atom is -0.340 e. The summed E-state index contributed by atoms with van der Waals surface area (Å²) in [7, 11) is 0. The number of likely N-dealkylation sites (tertiary alicyclic amines) is 2. The van der Waals surface area contributed by atoms with Crippen LogP contribution in [0.4, 0.5) is 0 Å². The number of carbonyl (C=O) groups is 1. The Kier molecular flexibility index (Phi) is 3.52. The van der Waals surface area contributed by atoms with Crippen LogP contribution in [0.1, 0.15) is 26.2 Å². The van der Waals surface area contributed by atoms with Crippen LogP contribution in [0.2, 0.25) is 0 Å². The molecule has 2 saturated heterocycles. The Morgan fingerprint density at radius 3 is 2.60 bits per heavy atom. The van der Waals surface area contributed by atoms with Gasteiger partial charge in [-0.3, -0.25) is 9.69 Å². The van der Waals surface area contributed by atoms with Gasteiger partial charge in [0.15, 0.2) is 0 Å².